The van der Waals surface area contributed by atoms with Crippen molar-refractivity contribution in [3.8, 4) is 22.5 Å². The number of urea groups is 1. The summed E-state index contributed by atoms with van der Waals surface area (Å²) in [7, 11) is -3.68. The fourth-order valence-electron chi connectivity index (χ4n) is 4.13. The number of carbonyl (C=O) groups excluding carboxylic acids is 1. The van der Waals surface area contributed by atoms with Crippen LogP contribution >= 0.6 is 0 Å². The molecule has 208 valence electrons. The number of aromatic nitrogens is 2. The highest BCUT2D eigenvalue weighted by atomic mass is 32.2. The van der Waals surface area contributed by atoms with Crippen LogP contribution in [0, 0.1) is 5.82 Å². The maximum atomic E-state index is 14.3. The normalized spacial score (nSPS) is 16.2. The molecule has 0 saturated carbocycles. The Bertz CT molecular complexity index is 1460. The molecule has 1 saturated heterocycles. The SMILES string of the molecule is C[C@H]1COCCN1c1nc(-c2ccc(NC(=O)NC(C)(C)CO)cc2)cc(-c2cc(F)ccc2S(C)(=O)=O)n1. The van der Waals surface area contributed by atoms with E-state index in [1.807, 2.05) is 11.8 Å². The van der Waals surface area contributed by atoms with Crippen molar-refractivity contribution >= 4 is 27.5 Å². The van der Waals surface area contributed by atoms with Crippen molar-refractivity contribution in [2.75, 3.05) is 42.8 Å². The molecule has 0 unspecified atom stereocenters. The van der Waals surface area contributed by atoms with Crippen molar-refractivity contribution in [2.45, 2.75) is 37.2 Å². The first-order valence-corrected chi connectivity index (χ1v) is 14.3. The van der Waals surface area contributed by atoms with Crippen LogP contribution in [0.25, 0.3) is 22.5 Å². The number of aliphatic hydroxyl groups is 1. The second-order valence-electron chi connectivity index (χ2n) is 10.2. The van der Waals surface area contributed by atoms with Gasteiger partial charge in [0.25, 0.3) is 0 Å². The highest BCUT2D eigenvalue weighted by Gasteiger charge is 2.25. The molecule has 39 heavy (non-hydrogen) atoms. The van der Waals surface area contributed by atoms with Crippen LogP contribution in [0.5, 0.6) is 0 Å². The summed E-state index contributed by atoms with van der Waals surface area (Å²) < 4.78 is 44.9. The van der Waals surface area contributed by atoms with Gasteiger partial charge in [-0.3, -0.25) is 0 Å². The van der Waals surface area contributed by atoms with Crippen LogP contribution in [-0.2, 0) is 14.6 Å². The molecular formula is C27H32FN5O5S. The van der Waals surface area contributed by atoms with Gasteiger partial charge in [-0.25, -0.2) is 27.6 Å². The van der Waals surface area contributed by atoms with Crippen molar-refractivity contribution < 1.29 is 27.4 Å². The van der Waals surface area contributed by atoms with E-state index in [-0.39, 0.29) is 28.8 Å². The number of sulfone groups is 1. The van der Waals surface area contributed by atoms with Crippen LogP contribution < -0.4 is 15.5 Å². The molecule has 1 aliphatic rings. The number of morpholine rings is 1. The number of anilines is 2. The number of carbonyl (C=O) groups is 1. The van der Waals surface area contributed by atoms with Crippen molar-refractivity contribution in [1.29, 1.82) is 0 Å². The topological polar surface area (TPSA) is 134 Å². The van der Waals surface area contributed by atoms with Crippen LogP contribution in [0.4, 0.5) is 20.8 Å². The third-order valence-corrected chi connectivity index (χ3v) is 7.40. The molecule has 1 fully saturated rings. The number of nitrogens with one attached hydrogen (secondary N) is 2. The molecule has 0 spiro atoms. The summed E-state index contributed by atoms with van der Waals surface area (Å²) in [5.74, 6) is -0.216. The van der Waals surface area contributed by atoms with Gasteiger partial charge >= 0.3 is 6.03 Å². The second-order valence-corrected chi connectivity index (χ2v) is 12.2. The second kappa shape index (κ2) is 11.2. The number of amides is 2. The Morgan fingerprint density at radius 3 is 2.49 bits per heavy atom. The molecule has 3 N–H and O–H groups in total. The lowest BCUT2D eigenvalue weighted by molar-refractivity contribution is 0.0981. The first-order chi connectivity index (χ1) is 18.4. The van der Waals surface area contributed by atoms with Gasteiger partial charge in [0.05, 0.1) is 47.7 Å². The lowest BCUT2D eigenvalue weighted by Crippen LogP contribution is -2.48. The molecule has 1 atom stereocenters. The largest absolute Gasteiger partial charge is 0.394 e. The van der Waals surface area contributed by atoms with E-state index in [4.69, 9.17) is 9.72 Å². The predicted molar refractivity (Wildman–Crippen MR) is 147 cm³/mol. The standard InChI is InChI=1S/C27H32FN5O5S/c1-17-15-38-12-11-33(17)25-30-22(14-23(31-25)21-13-19(28)7-10-24(21)39(4,36)37)18-5-8-20(9-6-18)29-26(35)32-27(2,3)16-34/h5-10,13-14,17,34H,11-12,15-16H2,1-4H3,(H2,29,32,35)/t17-/m0/s1. The van der Waals surface area contributed by atoms with Crippen LogP contribution in [0.15, 0.2) is 53.4 Å². The number of nitrogens with zero attached hydrogens (tertiary/aromatic N) is 3. The van der Waals surface area contributed by atoms with Gasteiger partial charge < -0.3 is 25.4 Å². The zero-order valence-electron chi connectivity index (χ0n) is 22.2. The molecule has 1 aliphatic heterocycles. The van der Waals surface area contributed by atoms with E-state index in [9.17, 15) is 22.7 Å². The number of aliphatic hydroxyl groups excluding tert-OH is 1. The Balaban J connectivity index is 1.75. The molecule has 2 heterocycles. The Kier molecular flexibility index (Phi) is 8.19. The van der Waals surface area contributed by atoms with Gasteiger partial charge in [-0.2, -0.15) is 0 Å². The van der Waals surface area contributed by atoms with Crippen molar-refractivity contribution in [1.82, 2.24) is 15.3 Å². The molecule has 0 bridgehead atoms. The van der Waals surface area contributed by atoms with Crippen LogP contribution in [-0.4, -0.2) is 73.7 Å². The molecule has 2 amide bonds. The van der Waals surface area contributed by atoms with Gasteiger partial charge in [0.1, 0.15) is 5.82 Å². The van der Waals surface area contributed by atoms with Crippen LogP contribution in [0.3, 0.4) is 0 Å². The van der Waals surface area contributed by atoms with Crippen molar-refractivity contribution in [3.05, 3.63) is 54.3 Å². The zero-order valence-corrected chi connectivity index (χ0v) is 23.0. The van der Waals surface area contributed by atoms with E-state index < -0.39 is 27.2 Å². The summed E-state index contributed by atoms with van der Waals surface area (Å²) in [4.78, 5) is 23.6. The minimum absolute atomic E-state index is 0.0306. The fourth-order valence-corrected chi connectivity index (χ4v) is 5.01. The molecule has 12 heteroatoms. The molecular weight excluding hydrogens is 525 g/mol. The smallest absolute Gasteiger partial charge is 0.319 e. The number of halogens is 1. The van der Waals surface area contributed by atoms with Crippen LogP contribution in [0.2, 0.25) is 0 Å². The minimum Gasteiger partial charge on any atom is -0.394 e. The average molecular weight is 558 g/mol. The summed E-state index contributed by atoms with van der Waals surface area (Å²) in [5, 5.41) is 14.8. The van der Waals surface area contributed by atoms with Gasteiger partial charge in [0, 0.05) is 29.6 Å². The molecule has 10 nitrogen and oxygen atoms in total. The first kappa shape index (κ1) is 28.4. The average Bonchev–Trinajstić information content (AvgIpc) is 2.88. The maximum Gasteiger partial charge on any atom is 0.319 e. The number of benzene rings is 2. The summed E-state index contributed by atoms with van der Waals surface area (Å²) >= 11 is 0. The zero-order chi connectivity index (χ0) is 28.4. The number of ether oxygens (including phenoxy) is 1. The highest BCUT2D eigenvalue weighted by Crippen LogP contribution is 2.32. The number of hydrogen-bond acceptors (Lipinski definition) is 8. The van der Waals surface area contributed by atoms with Gasteiger partial charge in [0.15, 0.2) is 9.84 Å². The van der Waals surface area contributed by atoms with E-state index in [1.165, 1.54) is 6.07 Å². The maximum absolute atomic E-state index is 14.3. The van der Waals surface area contributed by atoms with E-state index in [2.05, 4.69) is 15.6 Å². The molecule has 0 aliphatic carbocycles. The number of hydrogen-bond donors (Lipinski definition) is 3. The third kappa shape index (κ3) is 6.88. The summed E-state index contributed by atoms with van der Waals surface area (Å²) in [6.45, 7) is 6.65. The summed E-state index contributed by atoms with van der Waals surface area (Å²) in [5.41, 5.74) is 1.32. The molecule has 2 aromatic carbocycles. The van der Waals surface area contributed by atoms with E-state index in [0.717, 1.165) is 18.4 Å². The molecule has 1 aromatic heterocycles. The Labute approximate surface area is 227 Å². The minimum atomic E-state index is -3.68. The van der Waals surface area contributed by atoms with Gasteiger partial charge in [-0.05, 0) is 57.2 Å². The third-order valence-electron chi connectivity index (χ3n) is 6.24. The predicted octanol–water partition coefficient (Wildman–Crippen LogP) is 3.47. The lowest BCUT2D eigenvalue weighted by Gasteiger charge is -2.33. The summed E-state index contributed by atoms with van der Waals surface area (Å²) in [6.07, 6.45) is 1.07. The molecule has 0 radical (unpaired) electrons. The Morgan fingerprint density at radius 1 is 1.15 bits per heavy atom. The van der Waals surface area contributed by atoms with E-state index >= 15 is 0 Å². The van der Waals surface area contributed by atoms with Crippen LogP contribution in [0.1, 0.15) is 20.8 Å². The monoisotopic (exact) mass is 557 g/mol. The quantitative estimate of drug-likeness (QED) is 0.376. The molecule has 4 rings (SSSR count). The van der Waals surface area contributed by atoms with Gasteiger partial charge in [-0.1, -0.05) is 12.1 Å². The summed E-state index contributed by atoms with van der Waals surface area (Å²) in [6, 6.07) is 11.5. The first-order valence-electron chi connectivity index (χ1n) is 12.4. The van der Waals surface area contributed by atoms with Crippen molar-refractivity contribution in [2.24, 2.45) is 0 Å². The number of rotatable bonds is 7. The van der Waals surface area contributed by atoms with E-state index in [1.54, 1.807) is 44.2 Å². The van der Waals surface area contributed by atoms with Gasteiger partial charge in [0.2, 0.25) is 5.95 Å². The molecule has 3 aromatic rings. The van der Waals surface area contributed by atoms with Gasteiger partial charge in [-0.15, -0.1) is 0 Å². The fraction of sp³-hybridized carbons (Fsp3) is 0.370. The Hall–Kier alpha value is -3.61. The lowest BCUT2D eigenvalue weighted by atomic mass is 10.1. The van der Waals surface area contributed by atoms with Crippen molar-refractivity contribution in [3.63, 3.8) is 0 Å². The highest BCUT2D eigenvalue weighted by molar-refractivity contribution is 7.90. The van der Waals surface area contributed by atoms with E-state index in [0.29, 0.717) is 42.7 Å². The Morgan fingerprint density at radius 2 is 1.85 bits per heavy atom.